The Morgan fingerprint density at radius 2 is 1.77 bits per heavy atom. The molecule has 2 aliphatic heterocycles. The molecule has 0 unspecified atom stereocenters. The van der Waals surface area contributed by atoms with E-state index in [1.807, 2.05) is 23.1 Å². The Morgan fingerprint density at radius 1 is 0.933 bits per heavy atom. The highest BCUT2D eigenvalue weighted by atomic mass is 16.5. The summed E-state index contributed by atoms with van der Waals surface area (Å²) >= 11 is 0. The van der Waals surface area contributed by atoms with E-state index in [9.17, 15) is 4.79 Å². The molecule has 5 rings (SSSR count). The number of hydrogen-bond donors (Lipinski definition) is 0. The van der Waals surface area contributed by atoms with Crippen molar-refractivity contribution in [1.82, 2.24) is 14.9 Å². The molecule has 2 fully saturated rings. The highest BCUT2D eigenvalue weighted by Gasteiger charge is 2.31. The second-order valence-corrected chi connectivity index (χ2v) is 8.57. The molecule has 1 aromatic carbocycles. The fourth-order valence-electron chi connectivity index (χ4n) is 4.95. The fourth-order valence-corrected chi connectivity index (χ4v) is 4.95. The van der Waals surface area contributed by atoms with Crippen LogP contribution in [0, 0.1) is 5.92 Å². The lowest BCUT2D eigenvalue weighted by Crippen LogP contribution is -2.44. The van der Waals surface area contributed by atoms with Crippen LogP contribution in [0.25, 0.3) is 11.4 Å². The van der Waals surface area contributed by atoms with Gasteiger partial charge in [-0.05, 0) is 38.5 Å². The van der Waals surface area contributed by atoms with Gasteiger partial charge in [0.2, 0.25) is 5.91 Å². The van der Waals surface area contributed by atoms with Crippen LogP contribution in [0.1, 0.15) is 36.9 Å². The summed E-state index contributed by atoms with van der Waals surface area (Å²) in [6, 6.07) is 10.3. The van der Waals surface area contributed by atoms with E-state index in [2.05, 4.69) is 17.0 Å². The molecule has 158 valence electrons. The van der Waals surface area contributed by atoms with Gasteiger partial charge >= 0.3 is 0 Å². The van der Waals surface area contributed by atoms with Crippen LogP contribution in [-0.2, 0) is 22.4 Å². The van der Waals surface area contributed by atoms with Gasteiger partial charge in [0, 0.05) is 55.5 Å². The first-order valence-corrected chi connectivity index (χ1v) is 11.4. The van der Waals surface area contributed by atoms with E-state index >= 15 is 0 Å². The van der Waals surface area contributed by atoms with Crippen molar-refractivity contribution >= 4 is 11.7 Å². The molecule has 3 heterocycles. The number of fused-ring (bicyclic) bond motifs is 1. The van der Waals surface area contributed by atoms with Crippen molar-refractivity contribution in [2.45, 2.75) is 38.5 Å². The molecular formula is C24H30N4O2. The van der Waals surface area contributed by atoms with Gasteiger partial charge in [-0.3, -0.25) is 4.79 Å². The van der Waals surface area contributed by atoms with Crippen molar-refractivity contribution in [3.63, 3.8) is 0 Å². The SMILES string of the molecule is O=C(C1CCN(c2nc(-c3ccccc3)nc3c2CCC3)CC1)N1CCCOCC1. The third-order valence-corrected chi connectivity index (χ3v) is 6.62. The average Bonchev–Trinajstić information content (AvgIpc) is 3.12. The number of carbonyl (C=O) groups is 1. The molecule has 0 saturated carbocycles. The van der Waals surface area contributed by atoms with Crippen molar-refractivity contribution in [1.29, 1.82) is 0 Å². The molecule has 30 heavy (non-hydrogen) atoms. The Hall–Kier alpha value is -2.47. The van der Waals surface area contributed by atoms with Gasteiger partial charge in [0.1, 0.15) is 5.82 Å². The molecule has 1 aromatic heterocycles. The van der Waals surface area contributed by atoms with E-state index < -0.39 is 0 Å². The molecule has 0 spiro atoms. The van der Waals surface area contributed by atoms with Gasteiger partial charge in [-0.15, -0.1) is 0 Å². The second-order valence-electron chi connectivity index (χ2n) is 8.57. The summed E-state index contributed by atoms with van der Waals surface area (Å²) in [7, 11) is 0. The Morgan fingerprint density at radius 3 is 2.60 bits per heavy atom. The average molecular weight is 407 g/mol. The first-order valence-electron chi connectivity index (χ1n) is 11.4. The van der Waals surface area contributed by atoms with Gasteiger partial charge in [0.05, 0.1) is 6.61 Å². The van der Waals surface area contributed by atoms with E-state index in [1.165, 1.54) is 11.3 Å². The molecule has 2 aromatic rings. The molecule has 2 saturated heterocycles. The quantitative estimate of drug-likeness (QED) is 0.784. The number of ether oxygens (including phenoxy) is 1. The molecule has 0 N–H and O–H groups in total. The zero-order valence-corrected chi connectivity index (χ0v) is 17.6. The van der Waals surface area contributed by atoms with Crippen LogP contribution in [0.5, 0.6) is 0 Å². The number of piperidine rings is 1. The third-order valence-electron chi connectivity index (χ3n) is 6.62. The van der Waals surface area contributed by atoms with E-state index in [0.717, 1.165) is 88.5 Å². The van der Waals surface area contributed by atoms with Gasteiger partial charge in [-0.2, -0.15) is 0 Å². The molecule has 3 aliphatic rings. The number of aryl methyl sites for hydroxylation is 1. The summed E-state index contributed by atoms with van der Waals surface area (Å²) < 4.78 is 5.51. The molecule has 1 aliphatic carbocycles. The van der Waals surface area contributed by atoms with Crippen molar-refractivity contribution in [2.24, 2.45) is 5.92 Å². The molecule has 0 radical (unpaired) electrons. The van der Waals surface area contributed by atoms with Crippen LogP contribution in [0.3, 0.4) is 0 Å². The Balaban J connectivity index is 1.32. The second kappa shape index (κ2) is 8.72. The van der Waals surface area contributed by atoms with Gasteiger partial charge in [-0.25, -0.2) is 9.97 Å². The van der Waals surface area contributed by atoms with E-state index in [0.29, 0.717) is 12.5 Å². The minimum atomic E-state index is 0.128. The number of carbonyl (C=O) groups excluding carboxylic acids is 1. The largest absolute Gasteiger partial charge is 0.380 e. The van der Waals surface area contributed by atoms with Gasteiger partial charge in [-0.1, -0.05) is 30.3 Å². The summed E-state index contributed by atoms with van der Waals surface area (Å²) in [6.45, 7) is 4.78. The Bertz CT molecular complexity index is 886. The molecule has 6 nitrogen and oxygen atoms in total. The maximum atomic E-state index is 13.0. The summed E-state index contributed by atoms with van der Waals surface area (Å²) in [5.41, 5.74) is 3.60. The summed E-state index contributed by atoms with van der Waals surface area (Å²) in [5.74, 6) is 2.38. The summed E-state index contributed by atoms with van der Waals surface area (Å²) in [5, 5.41) is 0. The maximum Gasteiger partial charge on any atom is 0.225 e. The number of benzene rings is 1. The highest BCUT2D eigenvalue weighted by Crippen LogP contribution is 2.33. The highest BCUT2D eigenvalue weighted by molar-refractivity contribution is 5.79. The Kier molecular flexibility index (Phi) is 5.67. The first-order chi connectivity index (χ1) is 14.8. The number of rotatable bonds is 3. The Labute approximate surface area is 178 Å². The lowest BCUT2D eigenvalue weighted by Gasteiger charge is -2.35. The lowest BCUT2D eigenvalue weighted by molar-refractivity contribution is -0.136. The van der Waals surface area contributed by atoms with Gasteiger partial charge in [0.25, 0.3) is 0 Å². The smallest absolute Gasteiger partial charge is 0.225 e. The number of nitrogens with zero attached hydrogens (tertiary/aromatic N) is 4. The monoisotopic (exact) mass is 406 g/mol. The number of amides is 1. The molecule has 1 amide bonds. The standard InChI is InChI=1S/C24H30N4O2/c29-24(28-12-5-16-30-17-15-28)19-10-13-27(14-11-19)23-20-8-4-9-21(20)25-22(26-23)18-6-2-1-3-7-18/h1-3,6-7,19H,4-5,8-17H2. The van der Waals surface area contributed by atoms with Crippen molar-refractivity contribution in [3.8, 4) is 11.4 Å². The minimum Gasteiger partial charge on any atom is -0.380 e. The minimum absolute atomic E-state index is 0.128. The predicted molar refractivity (Wildman–Crippen MR) is 116 cm³/mol. The zero-order chi connectivity index (χ0) is 20.3. The van der Waals surface area contributed by atoms with Crippen molar-refractivity contribution < 1.29 is 9.53 Å². The van der Waals surface area contributed by atoms with Crippen LogP contribution < -0.4 is 4.90 Å². The van der Waals surface area contributed by atoms with Crippen LogP contribution in [0.4, 0.5) is 5.82 Å². The molecular weight excluding hydrogens is 376 g/mol. The maximum absolute atomic E-state index is 13.0. The number of aromatic nitrogens is 2. The topological polar surface area (TPSA) is 58.6 Å². The normalized spacial score (nSPS) is 20.1. The van der Waals surface area contributed by atoms with E-state index in [4.69, 9.17) is 14.7 Å². The van der Waals surface area contributed by atoms with Gasteiger partial charge < -0.3 is 14.5 Å². The fraction of sp³-hybridized carbons (Fsp3) is 0.542. The third kappa shape index (κ3) is 3.93. The van der Waals surface area contributed by atoms with E-state index in [1.54, 1.807) is 0 Å². The van der Waals surface area contributed by atoms with Crippen molar-refractivity contribution in [3.05, 3.63) is 41.6 Å². The van der Waals surface area contributed by atoms with Crippen LogP contribution in [0.2, 0.25) is 0 Å². The first kappa shape index (κ1) is 19.5. The molecule has 6 heteroatoms. The van der Waals surface area contributed by atoms with Crippen LogP contribution in [-0.4, -0.2) is 60.2 Å². The van der Waals surface area contributed by atoms with Gasteiger partial charge in [0.15, 0.2) is 5.82 Å². The predicted octanol–water partition coefficient (Wildman–Crippen LogP) is 3.10. The summed E-state index contributed by atoms with van der Waals surface area (Å²) in [4.78, 5) is 27.3. The lowest BCUT2D eigenvalue weighted by atomic mass is 9.94. The zero-order valence-electron chi connectivity index (χ0n) is 17.6. The molecule has 0 atom stereocenters. The van der Waals surface area contributed by atoms with Crippen molar-refractivity contribution in [2.75, 3.05) is 44.3 Å². The summed E-state index contributed by atoms with van der Waals surface area (Å²) in [6.07, 6.45) is 6.00. The van der Waals surface area contributed by atoms with Crippen LogP contribution >= 0.6 is 0 Å². The van der Waals surface area contributed by atoms with E-state index in [-0.39, 0.29) is 5.92 Å². The molecule has 0 bridgehead atoms. The number of anilines is 1. The number of hydrogen-bond acceptors (Lipinski definition) is 5. The van der Waals surface area contributed by atoms with Crippen LogP contribution in [0.15, 0.2) is 30.3 Å².